The number of aromatic nitrogens is 1. The van der Waals surface area contributed by atoms with E-state index in [1.54, 1.807) is 0 Å². The Morgan fingerprint density at radius 3 is 2.88 bits per heavy atom. The van der Waals surface area contributed by atoms with Gasteiger partial charge in [-0.05, 0) is 49.9 Å². The molecule has 2 rings (SSSR count). The summed E-state index contributed by atoms with van der Waals surface area (Å²) in [6.45, 7) is 2.66. The summed E-state index contributed by atoms with van der Waals surface area (Å²) < 4.78 is 0. The Morgan fingerprint density at radius 1 is 1.31 bits per heavy atom. The fourth-order valence-corrected chi connectivity index (χ4v) is 1.85. The number of nitrogens with one attached hydrogen (secondary N) is 1. The summed E-state index contributed by atoms with van der Waals surface area (Å²) >= 11 is 0. The van der Waals surface area contributed by atoms with Gasteiger partial charge in [0.25, 0.3) is 5.56 Å². The Bertz CT molecular complexity index is 557. The molecule has 1 heterocycles. The first kappa shape index (κ1) is 10.9. The molecule has 16 heavy (non-hydrogen) atoms. The molecule has 2 aromatic rings. The van der Waals surface area contributed by atoms with Gasteiger partial charge in [0.15, 0.2) is 0 Å². The van der Waals surface area contributed by atoms with Crippen LogP contribution in [0.25, 0.3) is 10.9 Å². The van der Waals surface area contributed by atoms with Crippen molar-refractivity contribution >= 4 is 10.9 Å². The van der Waals surface area contributed by atoms with Crippen molar-refractivity contribution in [1.82, 2.24) is 4.98 Å². The summed E-state index contributed by atoms with van der Waals surface area (Å²) in [5, 5.41) is 1.09. The van der Waals surface area contributed by atoms with Crippen LogP contribution in [0.1, 0.15) is 17.5 Å². The van der Waals surface area contributed by atoms with Gasteiger partial charge in [-0.2, -0.15) is 0 Å². The topological polar surface area (TPSA) is 58.9 Å². The summed E-state index contributed by atoms with van der Waals surface area (Å²) in [7, 11) is 0. The molecular weight excluding hydrogens is 200 g/mol. The lowest BCUT2D eigenvalue weighted by Gasteiger charge is -2.03. The van der Waals surface area contributed by atoms with Crippen molar-refractivity contribution in [2.75, 3.05) is 6.54 Å². The van der Waals surface area contributed by atoms with E-state index in [0.717, 1.165) is 29.3 Å². The predicted octanol–water partition coefficient (Wildman–Crippen LogP) is 1.73. The monoisotopic (exact) mass is 216 g/mol. The van der Waals surface area contributed by atoms with Crippen LogP contribution < -0.4 is 11.3 Å². The summed E-state index contributed by atoms with van der Waals surface area (Å²) in [6.07, 6.45) is 1.59. The minimum atomic E-state index is 0.00445. The van der Waals surface area contributed by atoms with E-state index in [4.69, 9.17) is 5.73 Å². The molecule has 0 saturated carbocycles. The Kier molecular flexibility index (Phi) is 3.06. The number of benzene rings is 1. The number of H-pyrrole nitrogens is 1. The third-order valence-electron chi connectivity index (χ3n) is 2.73. The van der Waals surface area contributed by atoms with Crippen LogP contribution in [0, 0.1) is 6.92 Å². The van der Waals surface area contributed by atoms with E-state index in [-0.39, 0.29) is 5.56 Å². The van der Waals surface area contributed by atoms with Gasteiger partial charge in [-0.25, -0.2) is 0 Å². The Labute approximate surface area is 94.3 Å². The van der Waals surface area contributed by atoms with Gasteiger partial charge < -0.3 is 10.7 Å². The lowest BCUT2D eigenvalue weighted by molar-refractivity contribution is 0.824. The highest BCUT2D eigenvalue weighted by molar-refractivity contribution is 5.79. The summed E-state index contributed by atoms with van der Waals surface area (Å²) in [4.78, 5) is 14.6. The minimum Gasteiger partial charge on any atom is -0.330 e. The van der Waals surface area contributed by atoms with Gasteiger partial charge in [-0.1, -0.05) is 11.6 Å². The second kappa shape index (κ2) is 4.49. The number of pyridine rings is 1. The average molecular weight is 216 g/mol. The maximum absolute atomic E-state index is 11.7. The molecule has 3 heteroatoms. The van der Waals surface area contributed by atoms with E-state index < -0.39 is 0 Å². The quantitative estimate of drug-likeness (QED) is 0.820. The van der Waals surface area contributed by atoms with Crippen molar-refractivity contribution in [3.8, 4) is 0 Å². The molecule has 0 bridgehead atoms. The Morgan fingerprint density at radius 2 is 2.12 bits per heavy atom. The van der Waals surface area contributed by atoms with Gasteiger partial charge >= 0.3 is 0 Å². The highest BCUT2D eigenvalue weighted by Gasteiger charge is 2.02. The number of aromatic amines is 1. The van der Waals surface area contributed by atoms with Crippen LogP contribution >= 0.6 is 0 Å². The summed E-state index contributed by atoms with van der Waals surface area (Å²) in [5.74, 6) is 0. The molecule has 3 N–H and O–H groups in total. The molecule has 0 atom stereocenters. The third kappa shape index (κ3) is 2.14. The van der Waals surface area contributed by atoms with Crippen molar-refractivity contribution < 1.29 is 0 Å². The molecular formula is C13H16N2O. The van der Waals surface area contributed by atoms with Crippen LogP contribution in [0.5, 0.6) is 0 Å². The molecule has 0 aliphatic carbocycles. The van der Waals surface area contributed by atoms with Crippen LogP contribution in [0.15, 0.2) is 29.1 Å². The smallest absolute Gasteiger partial charge is 0.251 e. The van der Waals surface area contributed by atoms with E-state index in [9.17, 15) is 4.79 Å². The maximum Gasteiger partial charge on any atom is 0.251 e. The number of hydrogen-bond donors (Lipinski definition) is 2. The number of nitrogens with two attached hydrogens (primary N) is 1. The SMILES string of the molecule is Cc1ccc2[nH]c(=O)c(CCCN)cc2c1. The zero-order chi connectivity index (χ0) is 11.5. The zero-order valence-corrected chi connectivity index (χ0v) is 9.42. The fourth-order valence-electron chi connectivity index (χ4n) is 1.85. The van der Waals surface area contributed by atoms with Gasteiger partial charge in [0, 0.05) is 11.1 Å². The first-order chi connectivity index (χ1) is 7.70. The molecule has 0 unspecified atom stereocenters. The minimum absolute atomic E-state index is 0.00445. The number of fused-ring (bicyclic) bond motifs is 1. The highest BCUT2D eigenvalue weighted by atomic mass is 16.1. The number of aryl methyl sites for hydroxylation is 2. The normalized spacial score (nSPS) is 10.9. The van der Waals surface area contributed by atoms with Gasteiger partial charge in [0.05, 0.1) is 0 Å². The largest absolute Gasteiger partial charge is 0.330 e. The molecule has 1 aromatic heterocycles. The average Bonchev–Trinajstić information content (AvgIpc) is 2.27. The van der Waals surface area contributed by atoms with Gasteiger partial charge in [-0.3, -0.25) is 4.79 Å². The van der Waals surface area contributed by atoms with Gasteiger partial charge in [0.2, 0.25) is 0 Å². The lowest BCUT2D eigenvalue weighted by Crippen LogP contribution is -2.13. The van der Waals surface area contributed by atoms with Crippen LogP contribution in [0.4, 0.5) is 0 Å². The maximum atomic E-state index is 11.7. The van der Waals surface area contributed by atoms with Crippen LogP contribution in [-0.4, -0.2) is 11.5 Å². The van der Waals surface area contributed by atoms with Gasteiger partial charge in [-0.15, -0.1) is 0 Å². The molecule has 0 aliphatic rings. The van der Waals surface area contributed by atoms with Crippen LogP contribution in [-0.2, 0) is 6.42 Å². The molecule has 1 aromatic carbocycles. The highest BCUT2D eigenvalue weighted by Crippen LogP contribution is 2.13. The van der Waals surface area contributed by atoms with E-state index in [1.165, 1.54) is 5.56 Å². The fraction of sp³-hybridized carbons (Fsp3) is 0.308. The van der Waals surface area contributed by atoms with Crippen molar-refractivity contribution in [2.24, 2.45) is 5.73 Å². The van der Waals surface area contributed by atoms with Crippen molar-refractivity contribution in [1.29, 1.82) is 0 Å². The Balaban J connectivity index is 2.51. The van der Waals surface area contributed by atoms with Crippen molar-refractivity contribution in [2.45, 2.75) is 19.8 Å². The van der Waals surface area contributed by atoms with Crippen LogP contribution in [0.2, 0.25) is 0 Å². The number of rotatable bonds is 3. The second-order valence-corrected chi connectivity index (χ2v) is 4.11. The molecule has 3 nitrogen and oxygen atoms in total. The second-order valence-electron chi connectivity index (χ2n) is 4.11. The molecule has 0 fully saturated rings. The summed E-state index contributed by atoms with van der Waals surface area (Å²) in [6, 6.07) is 7.99. The first-order valence-electron chi connectivity index (χ1n) is 5.53. The van der Waals surface area contributed by atoms with E-state index in [1.807, 2.05) is 25.1 Å². The molecule has 0 aliphatic heterocycles. The molecule has 0 saturated heterocycles. The zero-order valence-electron chi connectivity index (χ0n) is 9.42. The lowest BCUT2D eigenvalue weighted by atomic mass is 10.1. The van der Waals surface area contributed by atoms with E-state index in [2.05, 4.69) is 11.1 Å². The number of hydrogen-bond acceptors (Lipinski definition) is 2. The van der Waals surface area contributed by atoms with Crippen molar-refractivity contribution in [3.05, 3.63) is 45.7 Å². The Hall–Kier alpha value is -1.61. The third-order valence-corrected chi connectivity index (χ3v) is 2.73. The molecule has 0 spiro atoms. The first-order valence-corrected chi connectivity index (χ1v) is 5.53. The molecule has 0 radical (unpaired) electrons. The predicted molar refractivity (Wildman–Crippen MR) is 66.7 cm³/mol. The van der Waals surface area contributed by atoms with Gasteiger partial charge in [0.1, 0.15) is 0 Å². The molecule has 84 valence electrons. The summed E-state index contributed by atoms with van der Waals surface area (Å²) in [5.41, 5.74) is 8.37. The van der Waals surface area contributed by atoms with Crippen molar-refractivity contribution in [3.63, 3.8) is 0 Å². The molecule has 0 amide bonds. The standard InChI is InChI=1S/C13H16N2O/c1-9-4-5-12-11(7-9)8-10(3-2-6-14)13(16)15-12/h4-5,7-8H,2-3,6,14H2,1H3,(H,15,16). The van der Waals surface area contributed by atoms with Crippen LogP contribution in [0.3, 0.4) is 0 Å². The van der Waals surface area contributed by atoms with E-state index >= 15 is 0 Å². The van der Waals surface area contributed by atoms with E-state index in [0.29, 0.717) is 6.54 Å².